The number of carbonyl (C=O) groups is 1. The first-order valence-corrected chi connectivity index (χ1v) is 10.1. The first kappa shape index (κ1) is 16.8. The summed E-state index contributed by atoms with van der Waals surface area (Å²) >= 11 is 1.60. The highest BCUT2D eigenvalue weighted by atomic mass is 32.1. The molecule has 25 heavy (non-hydrogen) atoms. The largest absolute Gasteiger partial charge is 0.373 e. The summed E-state index contributed by atoms with van der Waals surface area (Å²) in [4.78, 5) is 16.9. The molecule has 134 valence electrons. The molecular formula is C19H25N3O2S. The van der Waals surface area contributed by atoms with Crippen LogP contribution in [0.5, 0.6) is 0 Å². The minimum Gasteiger partial charge on any atom is -0.373 e. The molecule has 0 spiro atoms. The normalized spacial score (nSPS) is 21.8. The van der Waals surface area contributed by atoms with Crippen LogP contribution in [0.15, 0.2) is 18.3 Å². The zero-order valence-corrected chi connectivity index (χ0v) is 15.5. The molecule has 1 amide bonds. The number of hydrogen-bond donors (Lipinski definition) is 1. The Morgan fingerprint density at radius 3 is 2.92 bits per heavy atom. The first-order chi connectivity index (χ1) is 12.3. The number of nitrogens with one attached hydrogen (secondary N) is 1. The third-order valence-corrected chi connectivity index (χ3v) is 6.57. The average molecular weight is 359 g/mol. The van der Waals surface area contributed by atoms with Gasteiger partial charge >= 0.3 is 0 Å². The lowest BCUT2D eigenvalue weighted by Gasteiger charge is -2.31. The highest BCUT2D eigenvalue weighted by molar-refractivity contribution is 7.14. The smallest absolute Gasteiger partial charge is 0.263 e. The number of amides is 1. The van der Waals surface area contributed by atoms with Crippen molar-refractivity contribution in [2.45, 2.75) is 51.0 Å². The maximum atomic E-state index is 12.8. The zero-order chi connectivity index (χ0) is 17.2. The van der Waals surface area contributed by atoms with Crippen molar-refractivity contribution in [1.29, 1.82) is 0 Å². The molecule has 2 saturated heterocycles. The van der Waals surface area contributed by atoms with Crippen LogP contribution in [0.2, 0.25) is 0 Å². The number of H-pyrrole nitrogens is 1. The van der Waals surface area contributed by atoms with Gasteiger partial charge in [0.1, 0.15) is 0 Å². The monoisotopic (exact) mass is 359 g/mol. The van der Waals surface area contributed by atoms with Crippen molar-refractivity contribution in [3.8, 4) is 0 Å². The maximum Gasteiger partial charge on any atom is 0.263 e. The molecule has 2 aliphatic heterocycles. The number of rotatable bonds is 4. The summed E-state index contributed by atoms with van der Waals surface area (Å²) in [6.45, 7) is 4.64. The number of thiophene rings is 1. The summed E-state index contributed by atoms with van der Waals surface area (Å²) in [6.07, 6.45) is 7.34. The second kappa shape index (κ2) is 7.30. The molecule has 1 atom stereocenters. The van der Waals surface area contributed by atoms with Crippen LogP contribution < -0.4 is 0 Å². The Morgan fingerprint density at radius 2 is 2.20 bits per heavy atom. The minimum absolute atomic E-state index is 0.174. The molecule has 5 nitrogen and oxygen atoms in total. The third kappa shape index (κ3) is 3.37. The molecule has 2 aromatic rings. The molecule has 2 aromatic heterocycles. The maximum absolute atomic E-state index is 12.8. The van der Waals surface area contributed by atoms with Gasteiger partial charge in [-0.25, -0.2) is 0 Å². The molecular weight excluding hydrogens is 334 g/mol. The van der Waals surface area contributed by atoms with Gasteiger partial charge in [0.2, 0.25) is 0 Å². The van der Waals surface area contributed by atoms with E-state index in [1.165, 1.54) is 16.1 Å². The van der Waals surface area contributed by atoms with Crippen molar-refractivity contribution in [3.05, 3.63) is 39.3 Å². The predicted octanol–water partition coefficient (Wildman–Crippen LogP) is 3.90. The standard InChI is InChI=1S/C19H25N3O2S/c1-2-13-12-20-21-18(13)14-7-9-22(10-8-14)19(23)17-6-5-16(25-17)15-4-3-11-24-15/h5-6,12,14-15H,2-4,7-11H2,1H3,(H,20,21)/t15-/m1/s1. The van der Waals surface area contributed by atoms with E-state index in [0.29, 0.717) is 5.92 Å². The molecule has 2 aliphatic rings. The van der Waals surface area contributed by atoms with E-state index in [-0.39, 0.29) is 12.0 Å². The van der Waals surface area contributed by atoms with Crippen molar-refractivity contribution in [3.63, 3.8) is 0 Å². The van der Waals surface area contributed by atoms with Crippen molar-refractivity contribution in [2.24, 2.45) is 0 Å². The minimum atomic E-state index is 0.174. The van der Waals surface area contributed by atoms with E-state index in [0.717, 1.165) is 56.7 Å². The highest BCUT2D eigenvalue weighted by Crippen LogP contribution is 2.35. The van der Waals surface area contributed by atoms with Gasteiger partial charge in [-0.2, -0.15) is 5.10 Å². The fraction of sp³-hybridized carbons (Fsp3) is 0.579. The van der Waals surface area contributed by atoms with Crippen molar-refractivity contribution < 1.29 is 9.53 Å². The molecule has 0 aliphatic carbocycles. The lowest BCUT2D eigenvalue weighted by molar-refractivity contribution is 0.0717. The number of piperidine rings is 1. The van der Waals surface area contributed by atoms with E-state index in [1.807, 2.05) is 17.2 Å². The Morgan fingerprint density at radius 1 is 1.36 bits per heavy atom. The topological polar surface area (TPSA) is 58.2 Å². The number of aromatic amines is 1. The SMILES string of the molecule is CCc1cn[nH]c1C1CCN(C(=O)c2ccc([C@H]3CCCO3)s2)CC1. The number of likely N-dealkylation sites (tertiary alicyclic amines) is 1. The molecule has 6 heteroatoms. The van der Waals surface area contributed by atoms with Crippen LogP contribution in [0.25, 0.3) is 0 Å². The molecule has 0 bridgehead atoms. The second-order valence-corrected chi connectivity index (χ2v) is 8.05. The van der Waals surface area contributed by atoms with E-state index in [2.05, 4.69) is 23.2 Å². The van der Waals surface area contributed by atoms with Crippen LogP contribution in [-0.4, -0.2) is 40.7 Å². The Balaban J connectivity index is 1.38. The van der Waals surface area contributed by atoms with E-state index < -0.39 is 0 Å². The van der Waals surface area contributed by atoms with Gasteiger partial charge in [0.15, 0.2) is 0 Å². The number of aromatic nitrogens is 2. The van der Waals surface area contributed by atoms with Crippen molar-refractivity contribution in [2.75, 3.05) is 19.7 Å². The molecule has 1 N–H and O–H groups in total. The third-order valence-electron chi connectivity index (χ3n) is 5.41. The summed E-state index contributed by atoms with van der Waals surface area (Å²) in [6, 6.07) is 4.04. The van der Waals surface area contributed by atoms with Gasteiger partial charge in [0, 0.05) is 36.2 Å². The van der Waals surface area contributed by atoms with Gasteiger partial charge in [-0.05, 0) is 49.8 Å². The quantitative estimate of drug-likeness (QED) is 0.900. The number of ether oxygens (including phenoxy) is 1. The van der Waals surface area contributed by atoms with Gasteiger partial charge < -0.3 is 9.64 Å². The molecule has 4 rings (SSSR count). The van der Waals surface area contributed by atoms with Crippen LogP contribution in [0.3, 0.4) is 0 Å². The lowest BCUT2D eigenvalue weighted by Crippen LogP contribution is -2.37. The predicted molar refractivity (Wildman–Crippen MR) is 98.1 cm³/mol. The molecule has 2 fully saturated rings. The van der Waals surface area contributed by atoms with Crippen molar-refractivity contribution in [1.82, 2.24) is 15.1 Å². The highest BCUT2D eigenvalue weighted by Gasteiger charge is 2.28. The van der Waals surface area contributed by atoms with E-state index in [4.69, 9.17) is 4.74 Å². The summed E-state index contributed by atoms with van der Waals surface area (Å²) in [5.74, 6) is 0.667. The van der Waals surface area contributed by atoms with E-state index >= 15 is 0 Å². The van der Waals surface area contributed by atoms with Gasteiger partial charge in [0.25, 0.3) is 5.91 Å². The molecule has 4 heterocycles. The van der Waals surface area contributed by atoms with Crippen LogP contribution in [0.4, 0.5) is 0 Å². The molecule has 0 saturated carbocycles. The number of nitrogens with zero attached hydrogens (tertiary/aromatic N) is 2. The van der Waals surface area contributed by atoms with Gasteiger partial charge in [-0.3, -0.25) is 9.89 Å². The number of hydrogen-bond acceptors (Lipinski definition) is 4. The van der Waals surface area contributed by atoms with Crippen LogP contribution >= 0.6 is 11.3 Å². The van der Waals surface area contributed by atoms with Gasteiger partial charge in [-0.15, -0.1) is 11.3 Å². The summed E-state index contributed by atoms with van der Waals surface area (Å²) < 4.78 is 5.73. The van der Waals surface area contributed by atoms with Gasteiger partial charge in [-0.1, -0.05) is 6.92 Å². The Kier molecular flexibility index (Phi) is 4.90. The van der Waals surface area contributed by atoms with E-state index in [9.17, 15) is 4.79 Å². The summed E-state index contributed by atoms with van der Waals surface area (Å²) in [7, 11) is 0. The molecule has 0 radical (unpaired) electrons. The second-order valence-electron chi connectivity index (χ2n) is 6.93. The number of aryl methyl sites for hydroxylation is 1. The Hall–Kier alpha value is -1.66. The molecule has 0 aromatic carbocycles. The fourth-order valence-electron chi connectivity index (χ4n) is 3.93. The van der Waals surface area contributed by atoms with Crippen molar-refractivity contribution >= 4 is 17.2 Å². The van der Waals surface area contributed by atoms with Crippen LogP contribution in [0, 0.1) is 0 Å². The Labute approximate surface area is 152 Å². The first-order valence-electron chi connectivity index (χ1n) is 9.29. The van der Waals surface area contributed by atoms with Crippen LogP contribution in [0.1, 0.15) is 70.4 Å². The molecule has 0 unspecified atom stereocenters. The van der Waals surface area contributed by atoms with E-state index in [1.54, 1.807) is 11.3 Å². The zero-order valence-electron chi connectivity index (χ0n) is 14.7. The number of carbonyl (C=O) groups excluding carboxylic acids is 1. The van der Waals surface area contributed by atoms with Gasteiger partial charge in [0.05, 0.1) is 17.2 Å². The lowest BCUT2D eigenvalue weighted by atomic mass is 9.91. The summed E-state index contributed by atoms with van der Waals surface area (Å²) in [5, 5.41) is 7.37. The Bertz CT molecular complexity index is 725. The van der Waals surface area contributed by atoms with Crippen LogP contribution in [-0.2, 0) is 11.2 Å². The summed E-state index contributed by atoms with van der Waals surface area (Å²) in [5.41, 5.74) is 2.58. The fourth-order valence-corrected chi connectivity index (χ4v) is 4.99. The average Bonchev–Trinajstić information content (AvgIpc) is 3.41.